The zero-order chi connectivity index (χ0) is 89.6. The number of aliphatic hydroxyl groups excluding tert-OH is 3. The van der Waals surface area contributed by atoms with Crippen LogP contribution in [-0.2, 0) is 57.5 Å². The van der Waals surface area contributed by atoms with Crippen LogP contribution in [0.4, 0.5) is 0 Å². The number of rotatable bonds is 49. The SMILES string of the molecule is C.C.C=C(C)C(=O)CCCC.C=C(C)C(=O)CCCCC.C=C(C)C(=O)CCCCC.C=CC(=O)CC(C)(C)C.C=CC(=O)CC(C)C.C=CC(=O)CC(C)O.C=CC(=O)CC(O)(CO)CO.C=CC(=O)CCCCC.C=CC(=O)CCCCC.C=CC(=O)CCCNCCN.C=CC(=O)CC[N+](C)(C)C.C=CC(=O)N(C)C.Cl.[Cl-]. The van der Waals surface area contributed by atoms with Crippen LogP contribution in [0.25, 0.3) is 0 Å². The fourth-order valence-electron chi connectivity index (χ4n) is 6.81. The van der Waals surface area contributed by atoms with Gasteiger partial charge in [-0.25, -0.2) is 0 Å². The first kappa shape index (κ1) is 146. The molecule has 0 aliphatic rings. The van der Waals surface area contributed by atoms with Crippen LogP contribution in [0.1, 0.15) is 279 Å². The summed E-state index contributed by atoms with van der Waals surface area (Å²) in [5, 5.41) is 37.9. The second-order valence-corrected chi connectivity index (χ2v) is 28.9. The van der Waals surface area contributed by atoms with Gasteiger partial charge in [-0.2, -0.15) is 0 Å². The quantitative estimate of drug-likeness (QED) is 0.0187. The van der Waals surface area contributed by atoms with Gasteiger partial charge in [0, 0.05) is 91.4 Å². The molecule has 7 N–H and O–H groups in total. The lowest BCUT2D eigenvalue weighted by atomic mass is 9.90. The van der Waals surface area contributed by atoms with E-state index in [1.54, 1.807) is 41.8 Å². The van der Waals surface area contributed by atoms with Crippen LogP contribution in [0.15, 0.2) is 150 Å². The second kappa shape index (κ2) is 105. The molecule has 0 aromatic carbocycles. The summed E-state index contributed by atoms with van der Waals surface area (Å²) in [6, 6.07) is 0. The summed E-state index contributed by atoms with van der Waals surface area (Å²) in [6.07, 6.45) is 33.3. The van der Waals surface area contributed by atoms with Crippen molar-refractivity contribution in [1.29, 1.82) is 0 Å². The molecule has 0 heterocycles. The number of allylic oxidation sites excluding steroid dienone is 11. The van der Waals surface area contributed by atoms with Gasteiger partial charge in [-0.3, -0.25) is 57.5 Å². The largest absolute Gasteiger partial charge is 1.00 e. The molecular formula is C93H172Cl2N4O16. The standard InChI is InChI=1S/2C9H16O.C8H16N2O.C8H16NO.4C8H14O.C7H12O4.C7H12O.C6H10O2.C5H9NO.2CH4.2ClH/c2*1-4-5-6-7-9(10)8(2)3;1-2-8(11)4-3-6-10-7-5-9;1-5-8(10)6-7-9(2,3)4;1-5-7(9)6-8(2,3)4;1-4-5-6-8(9)7(2)3;2*1-3-5-6-7-8(9)4-2;1-2-6(10)3-7(11,4-8)5-9;1-4-7(8)5-6(2)3;1-3-6(8)4-5(2)7;1-4-5(7)6(2)3;;;;/h2*2,4-7H2,1,3H3;2,10H,1,3-7,9H2;5H,1,6-7H2,2-4H3;5H,1,6H2,2-4H3;2,4-6H2,1,3H3;2*4H,2-3,5-7H2,1H3;2,8-9,11H,1,3-5H2;4,6H,1,5H2,2-3H3;3,5,7H,1,4H2,2H3;4H,1H2,2-3H3;2*1H4;2*1H/q;;;+1;;;;;;;;;;;;/p-1. The maximum atomic E-state index is 10.9. The van der Waals surface area contributed by atoms with Crippen LogP contribution in [0.2, 0.25) is 0 Å². The number of aliphatic hydroxyl groups is 4. The Morgan fingerprint density at radius 1 is 0.435 bits per heavy atom. The van der Waals surface area contributed by atoms with Crippen LogP contribution in [0.3, 0.4) is 0 Å². The summed E-state index contributed by atoms with van der Waals surface area (Å²) < 4.78 is 0.833. The average molecular weight is 1670 g/mol. The Balaban J connectivity index is -0.0000000663. The predicted octanol–water partition coefficient (Wildman–Crippen LogP) is 15.6. The van der Waals surface area contributed by atoms with Gasteiger partial charge in [0.25, 0.3) is 0 Å². The first-order chi connectivity index (χ1) is 51.5. The molecule has 0 spiro atoms. The number of quaternary nitrogens is 1. The Kier molecular flexibility index (Phi) is 133. The van der Waals surface area contributed by atoms with Gasteiger partial charge in [-0.15, -0.1) is 12.4 Å². The highest BCUT2D eigenvalue weighted by Crippen LogP contribution is 2.18. The van der Waals surface area contributed by atoms with Crippen LogP contribution in [0.5, 0.6) is 0 Å². The van der Waals surface area contributed by atoms with E-state index in [9.17, 15) is 57.5 Å². The number of unbranched alkanes of at least 4 members (excludes halogenated alkanes) is 9. The fraction of sp³-hybridized carbons (Fsp3) is 0.613. The van der Waals surface area contributed by atoms with E-state index in [4.69, 9.17) is 26.2 Å². The molecule has 0 aliphatic carbocycles. The Hall–Kier alpha value is -6.98. The summed E-state index contributed by atoms with van der Waals surface area (Å²) >= 11 is 0. The number of hydrogen-bond acceptors (Lipinski definition) is 18. The van der Waals surface area contributed by atoms with Gasteiger partial charge < -0.3 is 53.3 Å². The Morgan fingerprint density at radius 2 is 0.713 bits per heavy atom. The lowest BCUT2D eigenvalue weighted by molar-refractivity contribution is -0.869. The highest BCUT2D eigenvalue weighted by atomic mass is 35.5. The molecule has 1 atom stereocenters. The van der Waals surface area contributed by atoms with Crippen molar-refractivity contribution in [2.45, 2.75) is 290 Å². The number of nitrogens with zero attached hydrogens (tertiary/aromatic N) is 2. The molecular weight excluding hydrogens is 1500 g/mol. The van der Waals surface area contributed by atoms with Crippen LogP contribution in [-0.4, -0.2) is 186 Å². The highest BCUT2D eigenvalue weighted by Gasteiger charge is 2.27. The fourth-order valence-corrected chi connectivity index (χ4v) is 6.81. The van der Waals surface area contributed by atoms with E-state index in [1.807, 2.05) is 34.6 Å². The Morgan fingerprint density at radius 3 is 0.913 bits per heavy atom. The summed E-state index contributed by atoms with van der Waals surface area (Å²) in [5.74, 6) is 1.37. The lowest BCUT2D eigenvalue weighted by Gasteiger charge is -2.22. The van der Waals surface area contributed by atoms with Gasteiger partial charge in [0.2, 0.25) is 5.91 Å². The monoisotopic (exact) mass is 1670 g/mol. The summed E-state index contributed by atoms with van der Waals surface area (Å²) in [6.45, 7) is 70.3. The number of nitrogens with one attached hydrogen (secondary N) is 1. The zero-order valence-corrected chi connectivity index (χ0v) is 76.0. The van der Waals surface area contributed by atoms with Crippen molar-refractivity contribution < 1.29 is 94.9 Å². The number of ketones is 11. The van der Waals surface area contributed by atoms with Gasteiger partial charge in [-0.05, 0) is 156 Å². The van der Waals surface area contributed by atoms with Gasteiger partial charge >= 0.3 is 0 Å². The minimum Gasteiger partial charge on any atom is -1.00 e. The third-order valence-electron chi connectivity index (χ3n) is 13.7. The van der Waals surface area contributed by atoms with Crippen LogP contribution >= 0.6 is 12.4 Å². The van der Waals surface area contributed by atoms with Crippen molar-refractivity contribution in [3.8, 4) is 0 Å². The first-order valence-corrected chi connectivity index (χ1v) is 38.9. The maximum Gasteiger partial charge on any atom is 0.245 e. The number of hydrogen-bond donors (Lipinski definition) is 6. The summed E-state index contributed by atoms with van der Waals surface area (Å²) in [7, 11) is 9.57. The molecule has 1 unspecified atom stereocenters. The molecule has 0 aromatic rings. The normalized spacial score (nSPS) is 9.57. The molecule has 0 fully saturated rings. The van der Waals surface area contributed by atoms with Crippen molar-refractivity contribution in [1.82, 2.24) is 10.2 Å². The van der Waals surface area contributed by atoms with Crippen LogP contribution < -0.4 is 23.5 Å². The van der Waals surface area contributed by atoms with Crippen molar-refractivity contribution in [3.05, 3.63) is 150 Å². The number of nitrogens with two attached hydrogens (primary N) is 1. The minimum absolute atomic E-state index is 0. The van der Waals surface area contributed by atoms with Gasteiger partial charge in [0.15, 0.2) is 63.6 Å². The molecule has 20 nitrogen and oxygen atoms in total. The predicted molar refractivity (Wildman–Crippen MR) is 489 cm³/mol. The van der Waals surface area contributed by atoms with Crippen molar-refractivity contribution in [2.24, 2.45) is 17.1 Å². The van der Waals surface area contributed by atoms with Gasteiger partial charge in [-0.1, -0.05) is 221 Å². The van der Waals surface area contributed by atoms with E-state index < -0.39 is 30.7 Å². The first-order valence-electron chi connectivity index (χ1n) is 38.9. The molecule has 674 valence electrons. The molecule has 0 rings (SSSR count). The topological polar surface area (TPSA) is 327 Å². The number of carbonyl (C=O) groups excluding carboxylic acids is 12. The molecule has 0 saturated heterocycles. The summed E-state index contributed by atoms with van der Waals surface area (Å²) in [5.41, 5.74) is 5.72. The zero-order valence-electron chi connectivity index (χ0n) is 74.4. The maximum absolute atomic E-state index is 10.9. The van der Waals surface area contributed by atoms with Gasteiger partial charge in [0.1, 0.15) is 5.60 Å². The number of Topliss-reactive ketones (excluding diaryl/α,β-unsaturated/α-hetero) is 3. The Labute approximate surface area is 715 Å². The van der Waals surface area contributed by atoms with Crippen LogP contribution in [0, 0.1) is 11.3 Å². The third kappa shape index (κ3) is 152. The smallest absolute Gasteiger partial charge is 0.245 e. The van der Waals surface area contributed by atoms with E-state index in [0.717, 1.165) is 101 Å². The molecule has 0 aliphatic heterocycles. The molecule has 115 heavy (non-hydrogen) atoms. The second-order valence-electron chi connectivity index (χ2n) is 28.9. The molecule has 0 aromatic heterocycles. The molecule has 0 radical (unpaired) electrons. The van der Waals surface area contributed by atoms with Crippen molar-refractivity contribution in [3.63, 3.8) is 0 Å². The molecule has 1 amide bonds. The lowest BCUT2D eigenvalue weighted by Crippen LogP contribution is -3.00. The molecule has 22 heteroatoms. The van der Waals surface area contributed by atoms with Crippen molar-refractivity contribution >= 4 is 81.9 Å². The number of amides is 1. The number of carbonyl (C=O) groups is 12. The van der Waals surface area contributed by atoms with Gasteiger partial charge in [0.05, 0.1) is 53.4 Å². The minimum atomic E-state index is -1.70. The number of likely N-dealkylation sites (N-methyl/N-ethyl adjacent to an activating group) is 1. The van der Waals surface area contributed by atoms with E-state index in [-0.39, 0.29) is 122 Å². The molecule has 0 saturated carbocycles. The highest BCUT2D eigenvalue weighted by molar-refractivity contribution is 5.95. The third-order valence-corrected chi connectivity index (χ3v) is 13.7. The molecule has 0 bridgehead atoms. The van der Waals surface area contributed by atoms with E-state index in [1.165, 1.54) is 79.2 Å². The van der Waals surface area contributed by atoms with E-state index in [2.05, 4.69) is 140 Å². The van der Waals surface area contributed by atoms with Crippen molar-refractivity contribution in [2.75, 3.05) is 74.6 Å². The average Bonchev–Trinajstić information content (AvgIpc) is 0.906. The Bertz CT molecular complexity index is 2550. The van der Waals surface area contributed by atoms with E-state index in [0.29, 0.717) is 87.0 Å². The van der Waals surface area contributed by atoms with E-state index >= 15 is 0 Å². The number of halogens is 2. The summed E-state index contributed by atoms with van der Waals surface area (Å²) in [4.78, 5) is 129.